The Morgan fingerprint density at radius 1 is 1.08 bits per heavy atom. The smallest absolute Gasteiger partial charge is 0.251 e. The summed E-state index contributed by atoms with van der Waals surface area (Å²) in [5, 5.41) is 2.99. The van der Waals surface area contributed by atoms with E-state index in [0.717, 1.165) is 5.56 Å². The molecule has 0 radical (unpaired) electrons. The van der Waals surface area contributed by atoms with Crippen molar-refractivity contribution in [2.24, 2.45) is 0 Å². The van der Waals surface area contributed by atoms with Gasteiger partial charge in [0.1, 0.15) is 5.75 Å². The molecule has 26 heavy (non-hydrogen) atoms. The van der Waals surface area contributed by atoms with Gasteiger partial charge in [-0.25, -0.2) is 4.98 Å². The van der Waals surface area contributed by atoms with Gasteiger partial charge >= 0.3 is 0 Å². The van der Waals surface area contributed by atoms with Crippen LogP contribution < -0.4 is 10.1 Å². The highest BCUT2D eigenvalue weighted by Crippen LogP contribution is 2.22. The number of pyridine rings is 1. The van der Waals surface area contributed by atoms with E-state index in [2.05, 4.69) is 34.1 Å². The lowest BCUT2D eigenvalue weighted by Crippen LogP contribution is -2.36. The molecule has 1 aromatic carbocycles. The number of carbonyl (C=O) groups excluding carboxylic acids is 1. The largest absolute Gasteiger partial charge is 0.437 e. The average molecular weight is 348 g/mol. The van der Waals surface area contributed by atoms with Crippen molar-refractivity contribution in [2.45, 2.75) is 19.3 Å². The number of nitrogens with one attached hydrogen (secondary N) is 1. The van der Waals surface area contributed by atoms with E-state index in [9.17, 15) is 4.79 Å². The van der Waals surface area contributed by atoms with Crippen LogP contribution in [-0.4, -0.2) is 27.4 Å². The molecule has 0 aliphatic heterocycles. The van der Waals surface area contributed by atoms with Crippen LogP contribution in [0, 0.1) is 0 Å². The van der Waals surface area contributed by atoms with Gasteiger partial charge in [-0.1, -0.05) is 19.9 Å². The van der Waals surface area contributed by atoms with Gasteiger partial charge in [0.15, 0.2) is 0 Å². The molecule has 6 nitrogen and oxygen atoms in total. The van der Waals surface area contributed by atoms with Crippen molar-refractivity contribution in [3.05, 3.63) is 78.5 Å². The molecule has 0 unspecified atom stereocenters. The fourth-order valence-electron chi connectivity index (χ4n) is 2.47. The number of aromatic nitrogens is 3. The Hall–Kier alpha value is -3.28. The van der Waals surface area contributed by atoms with Gasteiger partial charge in [0.2, 0.25) is 5.88 Å². The van der Waals surface area contributed by atoms with E-state index >= 15 is 0 Å². The van der Waals surface area contributed by atoms with Gasteiger partial charge in [-0.15, -0.1) is 0 Å². The summed E-state index contributed by atoms with van der Waals surface area (Å²) in [5.74, 6) is 0.757. The van der Waals surface area contributed by atoms with Gasteiger partial charge in [-0.2, -0.15) is 0 Å². The first-order valence-corrected chi connectivity index (χ1v) is 8.27. The number of rotatable bonds is 6. The SMILES string of the molecule is CC(C)(CNC(=O)c1cccc(Oc2cnccn2)c1)c1ccncc1. The van der Waals surface area contributed by atoms with Crippen molar-refractivity contribution >= 4 is 5.91 Å². The molecule has 0 aliphatic carbocycles. The molecule has 0 saturated carbocycles. The molecule has 0 bridgehead atoms. The van der Waals surface area contributed by atoms with Gasteiger partial charge in [-0.3, -0.25) is 14.8 Å². The Morgan fingerprint density at radius 3 is 2.62 bits per heavy atom. The number of carbonyl (C=O) groups is 1. The van der Waals surface area contributed by atoms with E-state index in [0.29, 0.717) is 23.7 Å². The maximum absolute atomic E-state index is 12.5. The van der Waals surface area contributed by atoms with Crippen LogP contribution in [0.25, 0.3) is 0 Å². The minimum Gasteiger partial charge on any atom is -0.437 e. The molecular weight excluding hydrogens is 328 g/mol. The van der Waals surface area contributed by atoms with Crippen molar-refractivity contribution in [3.8, 4) is 11.6 Å². The summed E-state index contributed by atoms with van der Waals surface area (Å²) in [7, 11) is 0. The van der Waals surface area contributed by atoms with Gasteiger partial charge in [0.25, 0.3) is 5.91 Å². The maximum Gasteiger partial charge on any atom is 0.251 e. The first kappa shape index (κ1) is 17.5. The van der Waals surface area contributed by atoms with E-state index in [-0.39, 0.29) is 11.3 Å². The van der Waals surface area contributed by atoms with E-state index < -0.39 is 0 Å². The summed E-state index contributed by atoms with van der Waals surface area (Å²) in [5.41, 5.74) is 1.44. The van der Waals surface area contributed by atoms with Crippen molar-refractivity contribution in [3.63, 3.8) is 0 Å². The minimum absolute atomic E-state index is 0.156. The Kier molecular flexibility index (Phi) is 5.22. The summed E-state index contributed by atoms with van der Waals surface area (Å²) in [4.78, 5) is 24.6. The third-order valence-corrected chi connectivity index (χ3v) is 4.01. The summed E-state index contributed by atoms with van der Waals surface area (Å²) in [6, 6.07) is 10.9. The second kappa shape index (κ2) is 7.74. The molecule has 0 fully saturated rings. The number of benzene rings is 1. The molecule has 2 heterocycles. The van der Waals surface area contributed by atoms with E-state index in [1.165, 1.54) is 6.20 Å². The number of hydrogen-bond donors (Lipinski definition) is 1. The average Bonchev–Trinajstić information content (AvgIpc) is 2.68. The van der Waals surface area contributed by atoms with Gasteiger partial charge < -0.3 is 10.1 Å². The monoisotopic (exact) mass is 348 g/mol. The van der Waals surface area contributed by atoms with Crippen molar-refractivity contribution < 1.29 is 9.53 Å². The first-order chi connectivity index (χ1) is 12.5. The zero-order chi connectivity index (χ0) is 18.4. The molecule has 132 valence electrons. The predicted octanol–water partition coefficient (Wildman–Crippen LogP) is 3.37. The van der Waals surface area contributed by atoms with Crippen LogP contribution in [0.2, 0.25) is 0 Å². The molecule has 3 aromatic rings. The predicted molar refractivity (Wildman–Crippen MR) is 98.1 cm³/mol. The van der Waals surface area contributed by atoms with Crippen LogP contribution in [0.15, 0.2) is 67.4 Å². The van der Waals surface area contributed by atoms with Crippen LogP contribution in [-0.2, 0) is 5.41 Å². The quantitative estimate of drug-likeness (QED) is 0.739. The molecule has 6 heteroatoms. The minimum atomic E-state index is -0.202. The van der Waals surface area contributed by atoms with Crippen molar-refractivity contribution in [1.82, 2.24) is 20.3 Å². The molecular formula is C20H20N4O2. The molecule has 0 atom stereocenters. The zero-order valence-corrected chi connectivity index (χ0v) is 14.7. The Morgan fingerprint density at radius 2 is 1.88 bits per heavy atom. The Balaban J connectivity index is 1.66. The van der Waals surface area contributed by atoms with Gasteiger partial charge in [0.05, 0.1) is 6.20 Å². The summed E-state index contributed by atoms with van der Waals surface area (Å²) >= 11 is 0. The van der Waals surface area contributed by atoms with Crippen LogP contribution >= 0.6 is 0 Å². The lowest BCUT2D eigenvalue weighted by atomic mass is 9.85. The summed E-state index contributed by atoms with van der Waals surface area (Å²) < 4.78 is 5.62. The second-order valence-corrected chi connectivity index (χ2v) is 6.48. The fourth-order valence-corrected chi connectivity index (χ4v) is 2.47. The first-order valence-electron chi connectivity index (χ1n) is 8.27. The number of nitrogens with zero attached hydrogens (tertiary/aromatic N) is 3. The van der Waals surface area contributed by atoms with E-state index in [1.54, 1.807) is 49.1 Å². The normalized spacial score (nSPS) is 11.0. The fraction of sp³-hybridized carbons (Fsp3) is 0.200. The number of hydrogen-bond acceptors (Lipinski definition) is 5. The lowest BCUT2D eigenvalue weighted by Gasteiger charge is -2.25. The van der Waals surface area contributed by atoms with E-state index in [1.807, 2.05) is 12.1 Å². The van der Waals surface area contributed by atoms with Crippen LogP contribution in [0.1, 0.15) is 29.8 Å². The highest BCUT2D eigenvalue weighted by atomic mass is 16.5. The van der Waals surface area contributed by atoms with E-state index in [4.69, 9.17) is 4.74 Å². The van der Waals surface area contributed by atoms with Crippen LogP contribution in [0.5, 0.6) is 11.6 Å². The standard InChI is InChI=1S/C20H20N4O2/c1-20(2,16-6-8-21-9-7-16)14-24-19(25)15-4-3-5-17(12-15)26-18-13-22-10-11-23-18/h3-13H,14H2,1-2H3,(H,24,25). The third kappa shape index (κ3) is 4.42. The highest BCUT2D eigenvalue weighted by molar-refractivity contribution is 5.94. The lowest BCUT2D eigenvalue weighted by molar-refractivity contribution is 0.0945. The van der Waals surface area contributed by atoms with Crippen molar-refractivity contribution in [2.75, 3.05) is 6.54 Å². The third-order valence-electron chi connectivity index (χ3n) is 4.01. The molecule has 0 aliphatic rings. The van der Waals surface area contributed by atoms with Gasteiger partial charge in [0, 0.05) is 42.3 Å². The maximum atomic E-state index is 12.5. The molecule has 2 aromatic heterocycles. The Bertz CT molecular complexity index is 867. The molecule has 1 N–H and O–H groups in total. The molecule has 3 rings (SSSR count). The van der Waals surface area contributed by atoms with Crippen molar-refractivity contribution in [1.29, 1.82) is 0 Å². The second-order valence-electron chi connectivity index (χ2n) is 6.48. The zero-order valence-electron chi connectivity index (χ0n) is 14.7. The molecule has 1 amide bonds. The topological polar surface area (TPSA) is 77.0 Å². The van der Waals surface area contributed by atoms with Crippen LogP contribution in [0.4, 0.5) is 0 Å². The highest BCUT2D eigenvalue weighted by Gasteiger charge is 2.21. The molecule has 0 spiro atoms. The number of amides is 1. The summed E-state index contributed by atoms with van der Waals surface area (Å²) in [6.07, 6.45) is 8.15. The van der Waals surface area contributed by atoms with Crippen LogP contribution in [0.3, 0.4) is 0 Å². The Labute approximate surface area is 152 Å². The summed E-state index contributed by atoms with van der Waals surface area (Å²) in [6.45, 7) is 4.66. The van der Waals surface area contributed by atoms with Gasteiger partial charge in [-0.05, 0) is 35.9 Å². The number of ether oxygens (including phenoxy) is 1. The molecule has 0 saturated heterocycles.